The number of carboxylic acids is 1. The van der Waals surface area contributed by atoms with Crippen LogP contribution in [0.3, 0.4) is 0 Å². The van der Waals surface area contributed by atoms with Crippen molar-refractivity contribution in [3.8, 4) is 0 Å². The molecule has 0 saturated carbocycles. The molecule has 0 aliphatic carbocycles. The standard InChI is InChI=1S/C16H14O2.Na/c1-12(10-16(17)18)6-7-13-8-9-14-4-2-3-5-15(14)11-13;/h2-11H,1H3,(H,17,18);/q;+1/p-1/b7-6+,12-10+;. The summed E-state index contributed by atoms with van der Waals surface area (Å²) in [7, 11) is 0. The van der Waals surface area contributed by atoms with Crippen molar-refractivity contribution in [2.24, 2.45) is 0 Å². The van der Waals surface area contributed by atoms with E-state index in [4.69, 9.17) is 0 Å². The molecule has 3 heteroatoms. The average Bonchev–Trinajstić information content (AvgIpc) is 2.35. The van der Waals surface area contributed by atoms with Crippen molar-refractivity contribution < 1.29 is 39.5 Å². The first-order valence-electron chi connectivity index (χ1n) is 5.71. The molecule has 2 rings (SSSR count). The van der Waals surface area contributed by atoms with Crippen molar-refractivity contribution in [3.63, 3.8) is 0 Å². The summed E-state index contributed by atoms with van der Waals surface area (Å²) in [6, 6.07) is 14.2. The first-order valence-corrected chi connectivity index (χ1v) is 5.71. The van der Waals surface area contributed by atoms with Crippen molar-refractivity contribution in [3.05, 3.63) is 65.8 Å². The molecule has 0 fully saturated rings. The number of fused-ring (bicyclic) bond motifs is 1. The fourth-order valence-electron chi connectivity index (χ4n) is 1.77. The molecule has 0 atom stereocenters. The van der Waals surface area contributed by atoms with Gasteiger partial charge in [0, 0.05) is 0 Å². The number of hydrogen-bond donors (Lipinski definition) is 0. The molecule has 90 valence electrons. The maximum absolute atomic E-state index is 10.4. The van der Waals surface area contributed by atoms with E-state index in [1.54, 1.807) is 13.0 Å². The average molecular weight is 260 g/mol. The first-order chi connectivity index (χ1) is 8.65. The number of aliphatic carboxylic acids is 1. The van der Waals surface area contributed by atoms with Gasteiger partial charge in [-0.2, -0.15) is 0 Å². The van der Waals surface area contributed by atoms with Gasteiger partial charge in [-0.1, -0.05) is 48.6 Å². The monoisotopic (exact) mass is 260 g/mol. The zero-order valence-electron chi connectivity index (χ0n) is 11.1. The number of carbonyl (C=O) groups is 1. The molecule has 0 bridgehead atoms. The van der Waals surface area contributed by atoms with Crippen LogP contribution in [0.5, 0.6) is 0 Å². The first kappa shape index (κ1) is 15.7. The second-order valence-electron chi connectivity index (χ2n) is 4.15. The van der Waals surface area contributed by atoms with Gasteiger partial charge >= 0.3 is 29.6 Å². The van der Waals surface area contributed by atoms with Crippen LogP contribution in [0, 0.1) is 0 Å². The minimum absolute atomic E-state index is 0. The molecule has 0 unspecified atom stereocenters. The van der Waals surface area contributed by atoms with Gasteiger partial charge in [-0.05, 0) is 41.0 Å². The summed E-state index contributed by atoms with van der Waals surface area (Å²) < 4.78 is 0. The molecule has 0 saturated heterocycles. The molecule has 2 aromatic carbocycles. The SMILES string of the molecule is CC(/C=C/c1ccc2ccccc2c1)=C\C(=O)[O-].[Na+]. The van der Waals surface area contributed by atoms with Crippen LogP contribution >= 0.6 is 0 Å². The molecule has 0 aliphatic rings. The Morgan fingerprint density at radius 1 is 1.11 bits per heavy atom. The quantitative estimate of drug-likeness (QED) is 0.426. The zero-order valence-corrected chi connectivity index (χ0v) is 13.1. The number of benzene rings is 2. The van der Waals surface area contributed by atoms with Crippen molar-refractivity contribution in [1.29, 1.82) is 0 Å². The van der Waals surface area contributed by atoms with Crippen LogP contribution < -0.4 is 34.7 Å². The third-order valence-corrected chi connectivity index (χ3v) is 2.66. The smallest absolute Gasteiger partial charge is 0.545 e. The molecule has 0 amide bonds. The van der Waals surface area contributed by atoms with Gasteiger partial charge in [-0.15, -0.1) is 0 Å². The maximum Gasteiger partial charge on any atom is 1.00 e. The second-order valence-corrected chi connectivity index (χ2v) is 4.15. The van der Waals surface area contributed by atoms with E-state index in [-0.39, 0.29) is 29.6 Å². The van der Waals surface area contributed by atoms with Gasteiger partial charge in [0.05, 0.1) is 5.97 Å². The molecule has 19 heavy (non-hydrogen) atoms. The fourth-order valence-corrected chi connectivity index (χ4v) is 1.77. The normalized spacial score (nSPS) is 11.5. The Balaban J connectivity index is 0.00000180. The molecule has 2 nitrogen and oxygen atoms in total. The Morgan fingerprint density at radius 3 is 2.47 bits per heavy atom. The van der Waals surface area contributed by atoms with E-state index >= 15 is 0 Å². The van der Waals surface area contributed by atoms with Crippen LogP contribution in [0.25, 0.3) is 16.8 Å². The van der Waals surface area contributed by atoms with Crippen molar-refractivity contribution >= 4 is 22.8 Å². The van der Waals surface area contributed by atoms with Crippen molar-refractivity contribution in [2.75, 3.05) is 0 Å². The minimum atomic E-state index is -1.17. The summed E-state index contributed by atoms with van der Waals surface area (Å²) in [5, 5.41) is 12.7. The van der Waals surface area contributed by atoms with Gasteiger partial charge in [0.2, 0.25) is 0 Å². The molecule has 0 aromatic heterocycles. The molecule has 0 N–H and O–H groups in total. The van der Waals surface area contributed by atoms with E-state index in [1.807, 2.05) is 30.3 Å². The summed E-state index contributed by atoms with van der Waals surface area (Å²) in [4.78, 5) is 10.4. The summed E-state index contributed by atoms with van der Waals surface area (Å²) in [5.74, 6) is -1.17. The summed E-state index contributed by atoms with van der Waals surface area (Å²) >= 11 is 0. The van der Waals surface area contributed by atoms with Crippen LogP contribution in [-0.4, -0.2) is 5.97 Å². The fraction of sp³-hybridized carbons (Fsp3) is 0.0625. The third-order valence-electron chi connectivity index (χ3n) is 2.66. The van der Waals surface area contributed by atoms with Gasteiger partial charge in [0.15, 0.2) is 0 Å². The molecule has 2 aromatic rings. The number of carboxylic acid groups (broad SMARTS) is 1. The van der Waals surface area contributed by atoms with E-state index in [0.29, 0.717) is 5.57 Å². The Labute approximate surface area is 134 Å². The Morgan fingerprint density at radius 2 is 1.79 bits per heavy atom. The van der Waals surface area contributed by atoms with Crippen LogP contribution in [0.2, 0.25) is 0 Å². The third kappa shape index (κ3) is 4.67. The summed E-state index contributed by atoms with van der Waals surface area (Å²) in [5.41, 5.74) is 1.70. The zero-order chi connectivity index (χ0) is 13.0. The molecule has 0 spiro atoms. The van der Waals surface area contributed by atoms with E-state index in [9.17, 15) is 9.90 Å². The Kier molecular flexibility index (Phi) is 6.03. The number of allylic oxidation sites excluding steroid dienone is 2. The number of rotatable bonds is 3. The van der Waals surface area contributed by atoms with Gasteiger partial charge in [0.1, 0.15) is 0 Å². The topological polar surface area (TPSA) is 40.1 Å². The van der Waals surface area contributed by atoms with Gasteiger partial charge in [-0.25, -0.2) is 0 Å². The van der Waals surface area contributed by atoms with Crippen LogP contribution in [0.4, 0.5) is 0 Å². The molecule has 0 radical (unpaired) electrons. The number of hydrogen-bond acceptors (Lipinski definition) is 2. The molecular formula is C16H13NaO2. The summed E-state index contributed by atoms with van der Waals surface area (Å²) in [6.07, 6.45) is 4.73. The Bertz CT molecular complexity index is 642. The van der Waals surface area contributed by atoms with Crippen molar-refractivity contribution in [1.82, 2.24) is 0 Å². The van der Waals surface area contributed by atoms with Crippen molar-refractivity contribution in [2.45, 2.75) is 6.92 Å². The van der Waals surface area contributed by atoms with E-state index < -0.39 is 5.97 Å². The van der Waals surface area contributed by atoms with Crippen LogP contribution in [-0.2, 0) is 4.79 Å². The molecular weight excluding hydrogens is 247 g/mol. The van der Waals surface area contributed by atoms with Gasteiger partial charge in [0.25, 0.3) is 0 Å². The maximum atomic E-state index is 10.4. The van der Waals surface area contributed by atoms with Crippen LogP contribution in [0.1, 0.15) is 12.5 Å². The predicted octanol–water partition coefficient (Wildman–Crippen LogP) is -0.447. The second kappa shape index (κ2) is 7.29. The van der Waals surface area contributed by atoms with E-state index in [1.165, 1.54) is 10.8 Å². The largest absolute Gasteiger partial charge is 1.00 e. The van der Waals surface area contributed by atoms with Crippen LogP contribution in [0.15, 0.2) is 60.2 Å². The predicted molar refractivity (Wildman–Crippen MR) is 71.7 cm³/mol. The molecule has 0 aliphatic heterocycles. The number of carbonyl (C=O) groups excluding carboxylic acids is 1. The van der Waals surface area contributed by atoms with E-state index in [0.717, 1.165) is 11.6 Å². The molecule has 0 heterocycles. The Hall–Kier alpha value is -1.35. The van der Waals surface area contributed by atoms with E-state index in [2.05, 4.69) is 18.2 Å². The van der Waals surface area contributed by atoms with Gasteiger partial charge < -0.3 is 9.90 Å². The minimum Gasteiger partial charge on any atom is -0.545 e. The summed E-state index contributed by atoms with van der Waals surface area (Å²) in [6.45, 7) is 1.73. The van der Waals surface area contributed by atoms with Gasteiger partial charge in [-0.3, -0.25) is 0 Å².